The van der Waals surface area contributed by atoms with Gasteiger partial charge in [-0.25, -0.2) is 4.90 Å². The number of carboxylic acid groups (broad SMARTS) is 1. The Morgan fingerprint density at radius 1 is 0.852 bits per heavy atom. The summed E-state index contributed by atoms with van der Waals surface area (Å²) in [5.41, 5.74) is 0.999. The van der Waals surface area contributed by atoms with Crippen molar-refractivity contribution in [1.29, 1.82) is 0 Å². The van der Waals surface area contributed by atoms with Crippen molar-refractivity contribution < 1.29 is 24.2 Å². The zero-order valence-corrected chi connectivity index (χ0v) is 13.8. The number of fused-ring (bicyclic) bond motifs is 1. The second-order valence-corrected chi connectivity index (χ2v) is 5.77. The molecule has 7 nitrogen and oxygen atoms in total. The molecule has 0 aliphatic carbocycles. The first kappa shape index (κ1) is 16.5. The van der Waals surface area contributed by atoms with Crippen molar-refractivity contribution >= 4 is 23.5 Å². The number of aromatic nitrogens is 1. The van der Waals surface area contributed by atoms with E-state index in [0.29, 0.717) is 17.2 Å². The van der Waals surface area contributed by atoms with Crippen LogP contribution in [-0.2, 0) is 0 Å². The predicted octanol–water partition coefficient (Wildman–Crippen LogP) is 2.04. The van der Waals surface area contributed by atoms with Crippen LogP contribution < -0.4 is 14.7 Å². The minimum Gasteiger partial charge on any atom is -0.545 e. The van der Waals surface area contributed by atoms with Crippen molar-refractivity contribution in [2.45, 2.75) is 0 Å². The quantitative estimate of drug-likeness (QED) is 0.661. The van der Waals surface area contributed by atoms with Crippen molar-refractivity contribution in [3.63, 3.8) is 0 Å². The molecule has 2 amide bonds. The number of aromatic carboxylic acids is 1. The fourth-order valence-electron chi connectivity index (χ4n) is 2.81. The van der Waals surface area contributed by atoms with E-state index in [9.17, 15) is 19.5 Å². The zero-order chi connectivity index (χ0) is 19.0. The lowest BCUT2D eigenvalue weighted by Gasteiger charge is -2.12. The maximum atomic E-state index is 12.7. The monoisotopic (exact) mass is 359 g/mol. The third kappa shape index (κ3) is 2.91. The number of imide groups is 1. The SMILES string of the molecule is O=C([O-])c1ccc(Oc2ccc3c(c2)C(=O)N(c2ccncc2)C3=O)cc1. The molecule has 0 saturated heterocycles. The Kier molecular flexibility index (Phi) is 3.89. The van der Waals surface area contributed by atoms with Gasteiger partial charge in [-0.1, -0.05) is 0 Å². The van der Waals surface area contributed by atoms with E-state index in [1.54, 1.807) is 18.2 Å². The molecule has 0 spiro atoms. The van der Waals surface area contributed by atoms with Crippen LogP contribution in [0.15, 0.2) is 67.0 Å². The Hall–Kier alpha value is -4.00. The molecule has 1 aliphatic heterocycles. The molecule has 0 saturated carbocycles. The summed E-state index contributed by atoms with van der Waals surface area (Å²) in [6, 6.07) is 13.4. The molecule has 0 N–H and O–H groups in total. The largest absolute Gasteiger partial charge is 0.545 e. The molecule has 132 valence electrons. The van der Waals surface area contributed by atoms with E-state index in [1.807, 2.05) is 0 Å². The van der Waals surface area contributed by atoms with Crippen molar-refractivity contribution in [2.24, 2.45) is 0 Å². The molecule has 4 rings (SSSR count). The van der Waals surface area contributed by atoms with Crippen LogP contribution in [0.4, 0.5) is 5.69 Å². The molecular formula is C20H11N2O5-. The van der Waals surface area contributed by atoms with Crippen molar-refractivity contribution in [1.82, 2.24) is 4.98 Å². The first-order valence-electron chi connectivity index (χ1n) is 7.97. The Labute approximate surface area is 153 Å². The lowest BCUT2D eigenvalue weighted by molar-refractivity contribution is -0.255. The summed E-state index contributed by atoms with van der Waals surface area (Å²) >= 11 is 0. The van der Waals surface area contributed by atoms with Gasteiger partial charge in [0.25, 0.3) is 11.8 Å². The summed E-state index contributed by atoms with van der Waals surface area (Å²) < 4.78 is 5.66. The molecular weight excluding hydrogens is 348 g/mol. The van der Waals surface area contributed by atoms with Crippen LogP contribution in [0.1, 0.15) is 31.1 Å². The highest BCUT2D eigenvalue weighted by molar-refractivity contribution is 6.34. The van der Waals surface area contributed by atoms with E-state index >= 15 is 0 Å². The summed E-state index contributed by atoms with van der Waals surface area (Å²) in [6.07, 6.45) is 3.01. The number of carbonyl (C=O) groups is 3. The number of anilines is 1. The number of ether oxygens (including phenoxy) is 1. The van der Waals surface area contributed by atoms with Gasteiger partial charge in [0.05, 0.1) is 22.8 Å². The van der Waals surface area contributed by atoms with Gasteiger partial charge in [0.15, 0.2) is 0 Å². The van der Waals surface area contributed by atoms with Gasteiger partial charge < -0.3 is 14.6 Å². The average Bonchev–Trinajstić information content (AvgIpc) is 2.93. The van der Waals surface area contributed by atoms with Crippen LogP contribution in [0.3, 0.4) is 0 Å². The van der Waals surface area contributed by atoms with Gasteiger partial charge in [-0.15, -0.1) is 0 Å². The minimum atomic E-state index is -1.28. The fourth-order valence-corrected chi connectivity index (χ4v) is 2.81. The molecule has 3 aromatic rings. The van der Waals surface area contributed by atoms with Crippen molar-refractivity contribution in [3.8, 4) is 11.5 Å². The molecule has 27 heavy (non-hydrogen) atoms. The van der Waals surface area contributed by atoms with Gasteiger partial charge in [-0.2, -0.15) is 0 Å². The Balaban J connectivity index is 1.62. The van der Waals surface area contributed by atoms with Crippen LogP contribution in [-0.4, -0.2) is 22.8 Å². The van der Waals surface area contributed by atoms with E-state index in [1.165, 1.54) is 48.8 Å². The maximum Gasteiger partial charge on any atom is 0.266 e. The summed E-state index contributed by atoms with van der Waals surface area (Å²) in [5.74, 6) is -1.39. The van der Waals surface area contributed by atoms with Crippen molar-refractivity contribution in [3.05, 3.63) is 83.7 Å². The van der Waals surface area contributed by atoms with Crippen LogP contribution in [0.5, 0.6) is 11.5 Å². The maximum absolute atomic E-state index is 12.7. The number of hydrogen-bond donors (Lipinski definition) is 0. The van der Waals surface area contributed by atoms with Gasteiger partial charge in [0.1, 0.15) is 11.5 Å². The van der Waals surface area contributed by atoms with Gasteiger partial charge in [0, 0.05) is 12.4 Å². The molecule has 2 heterocycles. The highest BCUT2D eigenvalue weighted by Gasteiger charge is 2.36. The zero-order valence-electron chi connectivity index (χ0n) is 13.8. The number of benzene rings is 2. The normalized spacial score (nSPS) is 12.8. The third-order valence-corrected chi connectivity index (χ3v) is 4.10. The first-order chi connectivity index (χ1) is 13.0. The van der Waals surface area contributed by atoms with Crippen LogP contribution in [0, 0.1) is 0 Å². The molecule has 1 aromatic heterocycles. The van der Waals surface area contributed by atoms with E-state index < -0.39 is 17.8 Å². The highest BCUT2D eigenvalue weighted by atomic mass is 16.5. The van der Waals surface area contributed by atoms with Crippen LogP contribution in [0.25, 0.3) is 0 Å². The van der Waals surface area contributed by atoms with Crippen LogP contribution in [0.2, 0.25) is 0 Å². The number of amides is 2. The van der Waals surface area contributed by atoms with Gasteiger partial charge >= 0.3 is 0 Å². The summed E-state index contributed by atoms with van der Waals surface area (Å²) in [7, 11) is 0. The number of pyridine rings is 1. The summed E-state index contributed by atoms with van der Waals surface area (Å²) in [6.45, 7) is 0. The van der Waals surface area contributed by atoms with Gasteiger partial charge in [0.2, 0.25) is 0 Å². The van der Waals surface area contributed by atoms with Gasteiger partial charge in [-0.05, 0) is 60.2 Å². The van der Waals surface area contributed by atoms with Crippen LogP contribution >= 0.6 is 0 Å². The fraction of sp³-hybridized carbons (Fsp3) is 0. The second-order valence-electron chi connectivity index (χ2n) is 5.77. The topological polar surface area (TPSA) is 99.6 Å². The number of hydrogen-bond acceptors (Lipinski definition) is 6. The summed E-state index contributed by atoms with van der Waals surface area (Å²) in [4.78, 5) is 41.0. The van der Waals surface area contributed by atoms with E-state index in [2.05, 4.69) is 4.98 Å². The second kappa shape index (κ2) is 6.38. The minimum absolute atomic E-state index is 0.0325. The molecule has 0 bridgehead atoms. The average molecular weight is 359 g/mol. The van der Waals surface area contributed by atoms with E-state index in [-0.39, 0.29) is 16.7 Å². The molecule has 0 fully saturated rings. The molecule has 0 atom stereocenters. The van der Waals surface area contributed by atoms with Crippen molar-refractivity contribution in [2.75, 3.05) is 4.90 Å². The Morgan fingerprint density at radius 2 is 1.48 bits per heavy atom. The predicted molar refractivity (Wildman–Crippen MR) is 92.7 cm³/mol. The molecule has 1 aliphatic rings. The number of rotatable bonds is 4. The Morgan fingerprint density at radius 3 is 2.15 bits per heavy atom. The van der Waals surface area contributed by atoms with E-state index in [4.69, 9.17) is 4.74 Å². The molecule has 7 heteroatoms. The first-order valence-corrected chi connectivity index (χ1v) is 7.97. The Bertz CT molecular complexity index is 1060. The lowest BCUT2D eigenvalue weighted by Crippen LogP contribution is -2.29. The smallest absolute Gasteiger partial charge is 0.266 e. The number of carboxylic acids is 1. The van der Waals surface area contributed by atoms with Gasteiger partial charge in [-0.3, -0.25) is 14.6 Å². The molecule has 0 unspecified atom stereocenters. The highest BCUT2D eigenvalue weighted by Crippen LogP contribution is 2.32. The molecule has 0 radical (unpaired) electrons. The number of carbonyl (C=O) groups excluding carboxylic acids is 3. The molecule has 2 aromatic carbocycles. The lowest BCUT2D eigenvalue weighted by atomic mass is 10.1. The summed E-state index contributed by atoms with van der Waals surface area (Å²) in [5, 5.41) is 10.8. The third-order valence-electron chi connectivity index (χ3n) is 4.10. The van der Waals surface area contributed by atoms with E-state index in [0.717, 1.165) is 4.90 Å². The number of nitrogens with zero attached hydrogens (tertiary/aromatic N) is 2. The standard InChI is InChI=1S/C20H12N2O5/c23-18-16-6-5-15(27-14-3-1-12(2-4-14)20(25)26)11-17(16)19(24)22(18)13-7-9-21-10-8-13/h1-11H,(H,25,26)/p-1.